The molecule has 0 radical (unpaired) electrons. The van der Waals surface area contributed by atoms with Gasteiger partial charge in [0, 0.05) is 23.2 Å². The Bertz CT molecular complexity index is 776. The van der Waals surface area contributed by atoms with Crippen LogP contribution in [0.3, 0.4) is 0 Å². The Morgan fingerprint density at radius 3 is 2.72 bits per heavy atom. The number of rotatable bonds is 4. The fourth-order valence-electron chi connectivity index (χ4n) is 3.03. The number of fused-ring (bicyclic) bond motifs is 1. The highest BCUT2D eigenvalue weighted by atomic mass is 79.9. The zero-order chi connectivity index (χ0) is 17.8. The van der Waals surface area contributed by atoms with E-state index in [0.29, 0.717) is 0 Å². The van der Waals surface area contributed by atoms with Gasteiger partial charge in [-0.1, -0.05) is 65.3 Å². The van der Waals surface area contributed by atoms with Gasteiger partial charge in [-0.25, -0.2) is 4.79 Å². The number of carbonyl (C=O) groups is 1. The molecule has 0 aliphatic carbocycles. The third-order valence-electron chi connectivity index (χ3n) is 4.35. The van der Waals surface area contributed by atoms with Crippen LogP contribution in [0.4, 0.5) is 4.79 Å². The van der Waals surface area contributed by atoms with Gasteiger partial charge < -0.3 is 9.84 Å². The summed E-state index contributed by atoms with van der Waals surface area (Å²) < 4.78 is 6.45. The number of hydrogen-bond donors (Lipinski definition) is 1. The monoisotopic (exact) mass is 401 g/mol. The molecule has 0 bridgehead atoms. The lowest BCUT2D eigenvalue weighted by atomic mass is 9.88. The van der Waals surface area contributed by atoms with Gasteiger partial charge in [-0.05, 0) is 28.8 Å². The summed E-state index contributed by atoms with van der Waals surface area (Å²) >= 11 is 3.55. The molecule has 1 amide bonds. The molecule has 130 valence electrons. The molecule has 0 saturated heterocycles. The van der Waals surface area contributed by atoms with E-state index in [1.165, 1.54) is 0 Å². The van der Waals surface area contributed by atoms with E-state index in [1.54, 1.807) is 11.1 Å². The van der Waals surface area contributed by atoms with Gasteiger partial charge in [0.15, 0.2) is 0 Å². The quantitative estimate of drug-likeness (QED) is 0.804. The van der Waals surface area contributed by atoms with Crippen molar-refractivity contribution < 1.29 is 14.6 Å². The number of carbonyl (C=O) groups excluding carboxylic acids is 1. The zero-order valence-corrected chi connectivity index (χ0v) is 15.5. The molecule has 25 heavy (non-hydrogen) atoms. The minimum atomic E-state index is -0.420. The van der Waals surface area contributed by atoms with E-state index in [2.05, 4.69) is 15.9 Å². The summed E-state index contributed by atoms with van der Waals surface area (Å²) in [5.41, 5.74) is 2.96. The number of nitrogens with zero attached hydrogens (tertiary/aromatic N) is 1. The van der Waals surface area contributed by atoms with Crippen LogP contribution in [0.15, 0.2) is 59.2 Å². The van der Waals surface area contributed by atoms with E-state index < -0.39 is 6.09 Å². The summed E-state index contributed by atoms with van der Waals surface area (Å²) in [6, 6.07) is 15.2. The van der Waals surface area contributed by atoms with Crippen LogP contribution < -0.4 is 0 Å². The van der Waals surface area contributed by atoms with Crippen LogP contribution in [0.5, 0.6) is 0 Å². The molecule has 5 heteroatoms. The van der Waals surface area contributed by atoms with Crippen LogP contribution in [0, 0.1) is 5.92 Å². The van der Waals surface area contributed by atoms with Gasteiger partial charge >= 0.3 is 6.09 Å². The minimum Gasteiger partial charge on any atom is -0.444 e. The average Bonchev–Trinajstić information content (AvgIpc) is 2.65. The Labute approximate surface area is 155 Å². The molecule has 2 aromatic carbocycles. The zero-order valence-electron chi connectivity index (χ0n) is 13.9. The van der Waals surface area contributed by atoms with Crippen LogP contribution >= 0.6 is 15.9 Å². The van der Waals surface area contributed by atoms with Crippen LogP contribution in [-0.2, 0) is 11.3 Å². The van der Waals surface area contributed by atoms with Gasteiger partial charge in [-0.3, -0.25) is 4.90 Å². The fourth-order valence-corrected chi connectivity index (χ4v) is 3.55. The first-order valence-electron chi connectivity index (χ1n) is 8.18. The van der Waals surface area contributed by atoms with Crippen molar-refractivity contribution in [1.82, 2.24) is 4.90 Å². The predicted molar refractivity (Wildman–Crippen MR) is 101 cm³/mol. The molecule has 0 aromatic heterocycles. The highest BCUT2D eigenvalue weighted by Crippen LogP contribution is 2.38. The normalized spacial score (nSPS) is 17.1. The van der Waals surface area contributed by atoms with E-state index in [4.69, 9.17) is 4.74 Å². The third kappa shape index (κ3) is 3.78. The number of halogens is 1. The smallest absolute Gasteiger partial charge is 0.414 e. The van der Waals surface area contributed by atoms with E-state index in [0.717, 1.165) is 21.2 Å². The molecule has 0 unspecified atom stereocenters. The maximum Gasteiger partial charge on any atom is 0.414 e. The van der Waals surface area contributed by atoms with E-state index in [-0.39, 0.29) is 25.2 Å². The van der Waals surface area contributed by atoms with Gasteiger partial charge in [0.1, 0.15) is 6.61 Å². The molecular weight excluding hydrogens is 382 g/mol. The van der Waals surface area contributed by atoms with Crippen LogP contribution in [-0.4, -0.2) is 22.7 Å². The molecule has 1 N–H and O–H groups in total. The first kappa shape index (κ1) is 17.7. The summed E-state index contributed by atoms with van der Waals surface area (Å²) in [4.78, 5) is 14.2. The van der Waals surface area contributed by atoms with Crippen molar-refractivity contribution in [3.63, 3.8) is 0 Å². The Balaban J connectivity index is 1.83. The van der Waals surface area contributed by atoms with Crippen molar-refractivity contribution in [1.29, 1.82) is 0 Å². The topological polar surface area (TPSA) is 49.8 Å². The summed E-state index contributed by atoms with van der Waals surface area (Å²) in [5.74, 6) is -0.123. The molecule has 2 aromatic rings. The number of hydrogen-bond acceptors (Lipinski definition) is 3. The number of amides is 1. The van der Waals surface area contributed by atoms with E-state index >= 15 is 0 Å². The largest absolute Gasteiger partial charge is 0.444 e. The Kier molecular flexibility index (Phi) is 5.56. The molecule has 2 atom stereocenters. The second-order valence-corrected chi connectivity index (χ2v) is 6.96. The van der Waals surface area contributed by atoms with Gasteiger partial charge in [0.2, 0.25) is 0 Å². The number of benzene rings is 2. The predicted octanol–water partition coefficient (Wildman–Crippen LogP) is 4.74. The molecule has 0 spiro atoms. The summed E-state index contributed by atoms with van der Waals surface area (Å²) in [6.07, 6.45) is 3.21. The lowest BCUT2D eigenvalue weighted by molar-refractivity contribution is 0.0786. The molecule has 3 rings (SSSR count). The van der Waals surface area contributed by atoms with Crippen LogP contribution in [0.1, 0.15) is 29.7 Å². The number of aliphatic hydroxyl groups is 1. The molecule has 4 nitrogen and oxygen atoms in total. The Morgan fingerprint density at radius 1 is 1.24 bits per heavy atom. The van der Waals surface area contributed by atoms with Gasteiger partial charge in [-0.15, -0.1) is 0 Å². The lowest BCUT2D eigenvalue weighted by Gasteiger charge is -2.36. The maximum atomic E-state index is 12.7. The highest BCUT2D eigenvalue weighted by Gasteiger charge is 2.33. The number of aliphatic hydroxyl groups excluding tert-OH is 1. The van der Waals surface area contributed by atoms with Gasteiger partial charge in [0.05, 0.1) is 6.04 Å². The third-order valence-corrected chi connectivity index (χ3v) is 5.04. The Hall–Kier alpha value is -2.11. The van der Waals surface area contributed by atoms with Gasteiger partial charge in [0.25, 0.3) is 0 Å². The SMILES string of the molecule is C[C@H](CO)[C@H]1c2cccc(Br)c2C=CN1C(=O)OCc1ccccc1. The van der Waals surface area contributed by atoms with E-state index in [1.807, 2.05) is 61.5 Å². The first-order valence-corrected chi connectivity index (χ1v) is 8.97. The molecular formula is C20H20BrNO3. The second kappa shape index (κ2) is 7.85. The van der Waals surface area contributed by atoms with Crippen molar-refractivity contribution in [3.8, 4) is 0 Å². The summed E-state index contributed by atoms with van der Waals surface area (Å²) in [6.45, 7) is 2.12. The minimum absolute atomic E-state index is 0.0209. The number of ether oxygens (including phenoxy) is 1. The van der Waals surface area contributed by atoms with Crippen molar-refractivity contribution in [2.24, 2.45) is 5.92 Å². The van der Waals surface area contributed by atoms with E-state index in [9.17, 15) is 9.90 Å². The summed E-state index contributed by atoms with van der Waals surface area (Å²) in [5, 5.41) is 9.67. The molecule has 1 aliphatic heterocycles. The highest BCUT2D eigenvalue weighted by molar-refractivity contribution is 9.10. The van der Waals surface area contributed by atoms with Gasteiger partial charge in [-0.2, -0.15) is 0 Å². The fraction of sp³-hybridized carbons (Fsp3) is 0.250. The maximum absolute atomic E-state index is 12.7. The standard InChI is InChI=1S/C20H20BrNO3/c1-14(12-23)19-17-8-5-9-18(21)16(17)10-11-22(19)20(24)25-13-15-6-3-2-4-7-15/h2-11,14,19,23H,12-13H2,1H3/t14-,19+/m1/s1. The summed E-state index contributed by atoms with van der Waals surface area (Å²) in [7, 11) is 0. The van der Waals surface area contributed by atoms with Crippen molar-refractivity contribution in [2.75, 3.05) is 6.61 Å². The Morgan fingerprint density at radius 2 is 2.00 bits per heavy atom. The van der Waals surface area contributed by atoms with Crippen LogP contribution in [0.2, 0.25) is 0 Å². The molecule has 0 saturated carbocycles. The van der Waals surface area contributed by atoms with Crippen molar-refractivity contribution >= 4 is 28.1 Å². The second-order valence-electron chi connectivity index (χ2n) is 6.11. The molecule has 0 fully saturated rings. The van der Waals surface area contributed by atoms with Crippen LogP contribution in [0.25, 0.3) is 6.08 Å². The van der Waals surface area contributed by atoms with Crippen molar-refractivity contribution in [2.45, 2.75) is 19.6 Å². The molecule has 1 heterocycles. The van der Waals surface area contributed by atoms with Crippen molar-refractivity contribution in [3.05, 3.63) is 75.9 Å². The average molecular weight is 402 g/mol. The lowest BCUT2D eigenvalue weighted by Crippen LogP contribution is -2.37. The first-order chi connectivity index (χ1) is 12.1. The molecule has 1 aliphatic rings.